The van der Waals surface area contributed by atoms with Crippen LogP contribution >= 0.6 is 0 Å². The maximum absolute atomic E-state index is 10.7. The normalized spacial score (nSPS) is 12.0. The lowest BCUT2D eigenvalue weighted by Crippen LogP contribution is -3.00. The molecule has 2 heterocycles. The number of phenols is 1. The standard InChI is InChI=1S/C30H39NO4.ClH/c1-5-7-8-9-10-11-12-13-23-22-14-15-27(33-3)30(34-4)25(22)20-31-17-16-21-18-28(35-6-2)26(32)19-24(21)29(23)31;/h14-15,18-20H,5-13,16-17H2,1-4H3;1H. The highest BCUT2D eigenvalue weighted by molar-refractivity contribution is 5.95. The third kappa shape index (κ3) is 5.67. The Morgan fingerprint density at radius 3 is 2.33 bits per heavy atom. The largest absolute Gasteiger partial charge is 1.00 e. The summed E-state index contributed by atoms with van der Waals surface area (Å²) in [5.74, 6) is 2.30. The van der Waals surface area contributed by atoms with E-state index in [2.05, 4.69) is 23.8 Å². The zero-order chi connectivity index (χ0) is 24.8. The van der Waals surface area contributed by atoms with Crippen LogP contribution in [0.15, 0.2) is 30.5 Å². The van der Waals surface area contributed by atoms with Gasteiger partial charge >= 0.3 is 0 Å². The van der Waals surface area contributed by atoms with E-state index in [1.165, 1.54) is 60.7 Å². The number of ether oxygens (including phenoxy) is 3. The summed E-state index contributed by atoms with van der Waals surface area (Å²) in [4.78, 5) is 0. The van der Waals surface area contributed by atoms with Gasteiger partial charge in [0.25, 0.3) is 0 Å². The summed E-state index contributed by atoms with van der Waals surface area (Å²) in [5, 5.41) is 13.0. The lowest BCUT2D eigenvalue weighted by atomic mass is 9.89. The number of rotatable bonds is 12. The first-order valence-corrected chi connectivity index (χ1v) is 13.2. The molecule has 36 heavy (non-hydrogen) atoms. The quantitative estimate of drug-likeness (QED) is 0.296. The minimum atomic E-state index is 0. The molecule has 5 nitrogen and oxygen atoms in total. The molecule has 0 bridgehead atoms. The Bertz CT molecular complexity index is 1180. The summed E-state index contributed by atoms with van der Waals surface area (Å²) >= 11 is 0. The highest BCUT2D eigenvalue weighted by Gasteiger charge is 2.31. The highest BCUT2D eigenvalue weighted by atomic mass is 35.5. The second-order valence-corrected chi connectivity index (χ2v) is 9.44. The molecule has 0 atom stereocenters. The summed E-state index contributed by atoms with van der Waals surface area (Å²) in [6.07, 6.45) is 13.0. The van der Waals surface area contributed by atoms with E-state index in [9.17, 15) is 5.11 Å². The zero-order valence-electron chi connectivity index (χ0n) is 22.2. The lowest BCUT2D eigenvalue weighted by molar-refractivity contribution is -0.686. The van der Waals surface area contributed by atoms with Crippen molar-refractivity contribution >= 4 is 10.8 Å². The van der Waals surface area contributed by atoms with Crippen molar-refractivity contribution < 1.29 is 36.3 Å². The number of benzene rings is 2. The molecule has 2 aromatic carbocycles. The molecule has 0 spiro atoms. The van der Waals surface area contributed by atoms with Crippen molar-refractivity contribution in [3.8, 4) is 34.3 Å². The topological polar surface area (TPSA) is 51.8 Å². The Morgan fingerprint density at radius 1 is 0.889 bits per heavy atom. The Balaban J connectivity index is 0.00000361. The summed E-state index contributed by atoms with van der Waals surface area (Å²) in [5.41, 5.74) is 4.86. The van der Waals surface area contributed by atoms with E-state index in [1.54, 1.807) is 14.2 Å². The van der Waals surface area contributed by atoms with Crippen molar-refractivity contribution in [2.24, 2.45) is 0 Å². The molecule has 3 aromatic rings. The Labute approximate surface area is 221 Å². The van der Waals surface area contributed by atoms with Crippen LogP contribution in [0.25, 0.3) is 22.0 Å². The van der Waals surface area contributed by atoms with Gasteiger partial charge in [0.1, 0.15) is 0 Å². The van der Waals surface area contributed by atoms with E-state index in [0.29, 0.717) is 12.4 Å². The van der Waals surface area contributed by atoms with Gasteiger partial charge in [0.15, 0.2) is 35.7 Å². The molecular weight excluding hydrogens is 474 g/mol. The third-order valence-electron chi connectivity index (χ3n) is 7.16. The van der Waals surface area contributed by atoms with Crippen molar-refractivity contribution in [1.82, 2.24) is 0 Å². The number of aromatic nitrogens is 1. The first-order valence-electron chi connectivity index (χ1n) is 13.2. The molecule has 196 valence electrons. The highest BCUT2D eigenvalue weighted by Crippen LogP contribution is 2.42. The summed E-state index contributed by atoms with van der Waals surface area (Å²) < 4.78 is 19.4. The molecule has 0 saturated carbocycles. The molecule has 1 aliphatic rings. The van der Waals surface area contributed by atoms with E-state index >= 15 is 0 Å². The second-order valence-electron chi connectivity index (χ2n) is 9.44. The fourth-order valence-electron chi connectivity index (χ4n) is 5.42. The summed E-state index contributed by atoms with van der Waals surface area (Å²) in [6, 6.07) is 8.09. The fourth-order valence-corrected chi connectivity index (χ4v) is 5.42. The van der Waals surface area contributed by atoms with Crippen molar-refractivity contribution in [2.45, 2.75) is 78.2 Å². The first-order chi connectivity index (χ1) is 17.1. The van der Waals surface area contributed by atoms with E-state index < -0.39 is 0 Å². The molecule has 0 aliphatic carbocycles. The molecule has 6 heteroatoms. The third-order valence-corrected chi connectivity index (χ3v) is 7.16. The van der Waals surface area contributed by atoms with Gasteiger partial charge in [-0.3, -0.25) is 0 Å². The molecule has 0 radical (unpaired) electrons. The lowest BCUT2D eigenvalue weighted by Gasteiger charge is -2.21. The predicted molar refractivity (Wildman–Crippen MR) is 141 cm³/mol. The maximum atomic E-state index is 10.7. The summed E-state index contributed by atoms with van der Waals surface area (Å²) in [6.45, 7) is 5.61. The molecule has 0 fully saturated rings. The van der Waals surface area contributed by atoms with Crippen molar-refractivity contribution in [2.75, 3.05) is 20.8 Å². The molecule has 1 aromatic heterocycles. The number of methoxy groups -OCH3 is 2. The summed E-state index contributed by atoms with van der Waals surface area (Å²) in [7, 11) is 3.39. The second kappa shape index (κ2) is 13.0. The first kappa shape index (κ1) is 27.9. The molecular formula is C30H40ClNO4. The Morgan fingerprint density at radius 2 is 1.64 bits per heavy atom. The Hall–Kier alpha value is -2.66. The number of halogens is 1. The van der Waals surface area contributed by atoms with Crippen LogP contribution in [0.3, 0.4) is 0 Å². The molecule has 1 aliphatic heterocycles. The van der Waals surface area contributed by atoms with Gasteiger partial charge in [-0.05, 0) is 49.6 Å². The smallest absolute Gasteiger partial charge is 0.216 e. The molecule has 0 unspecified atom stereocenters. The van der Waals surface area contributed by atoms with Crippen LogP contribution < -0.4 is 31.2 Å². The number of hydrogen-bond acceptors (Lipinski definition) is 4. The van der Waals surface area contributed by atoms with Gasteiger partial charge in [0.05, 0.1) is 31.8 Å². The van der Waals surface area contributed by atoms with Crippen LogP contribution in [-0.4, -0.2) is 25.9 Å². The van der Waals surface area contributed by atoms with Crippen molar-refractivity contribution in [3.05, 3.63) is 41.6 Å². The SMILES string of the molecule is CCCCCCCCCc1c2[n+](cc3c(OC)c(OC)ccc13)CCc1cc(OCC)c(O)cc1-2.[Cl-]. The number of hydrogen-bond donors (Lipinski definition) is 1. The minimum absolute atomic E-state index is 0. The van der Waals surface area contributed by atoms with Crippen LogP contribution in [0.4, 0.5) is 0 Å². The van der Waals surface area contributed by atoms with Gasteiger partial charge in [0.2, 0.25) is 5.69 Å². The van der Waals surface area contributed by atoms with Gasteiger partial charge in [-0.15, -0.1) is 0 Å². The van der Waals surface area contributed by atoms with Crippen LogP contribution in [0.2, 0.25) is 0 Å². The van der Waals surface area contributed by atoms with Gasteiger partial charge in [-0.25, -0.2) is 0 Å². The van der Waals surface area contributed by atoms with Crippen LogP contribution in [-0.2, 0) is 19.4 Å². The number of aromatic hydroxyl groups is 1. The number of pyridine rings is 1. The molecule has 1 N–H and O–H groups in total. The van der Waals surface area contributed by atoms with Gasteiger partial charge < -0.3 is 31.7 Å². The maximum Gasteiger partial charge on any atom is 0.216 e. The monoisotopic (exact) mass is 513 g/mol. The average Bonchev–Trinajstić information content (AvgIpc) is 2.87. The van der Waals surface area contributed by atoms with Gasteiger partial charge in [-0.2, -0.15) is 4.57 Å². The van der Waals surface area contributed by atoms with Gasteiger partial charge in [-0.1, -0.05) is 45.4 Å². The Kier molecular flexibility index (Phi) is 10.1. The fraction of sp³-hybridized carbons (Fsp3) is 0.500. The minimum Gasteiger partial charge on any atom is -1.00 e. The van der Waals surface area contributed by atoms with Gasteiger partial charge in [0, 0.05) is 17.4 Å². The molecule has 0 saturated heterocycles. The van der Waals surface area contributed by atoms with Crippen LogP contribution in [0, 0.1) is 0 Å². The van der Waals surface area contributed by atoms with E-state index in [0.717, 1.165) is 48.3 Å². The van der Waals surface area contributed by atoms with E-state index in [1.807, 2.05) is 25.1 Å². The van der Waals surface area contributed by atoms with E-state index in [-0.39, 0.29) is 18.2 Å². The number of unbranched alkanes of at least 4 members (excludes halogenated alkanes) is 6. The van der Waals surface area contributed by atoms with Crippen molar-refractivity contribution in [3.63, 3.8) is 0 Å². The molecule has 0 amide bonds. The van der Waals surface area contributed by atoms with Crippen LogP contribution in [0.5, 0.6) is 23.0 Å². The average molecular weight is 514 g/mol. The number of aryl methyl sites for hydroxylation is 3. The van der Waals surface area contributed by atoms with Crippen LogP contribution in [0.1, 0.15) is 69.9 Å². The van der Waals surface area contributed by atoms with Crippen molar-refractivity contribution in [1.29, 1.82) is 0 Å². The number of nitrogens with zero attached hydrogens (tertiary/aromatic N) is 1. The number of phenolic OH excluding ortho intramolecular Hbond substituents is 1. The number of fused-ring (bicyclic) bond motifs is 4. The predicted octanol–water partition coefficient (Wildman–Crippen LogP) is 3.77. The molecule has 4 rings (SSSR count). The van der Waals surface area contributed by atoms with E-state index in [4.69, 9.17) is 14.2 Å². The zero-order valence-corrected chi connectivity index (χ0v) is 22.9.